The molecule has 2 aromatic rings. The van der Waals surface area contributed by atoms with E-state index >= 15 is 0 Å². The summed E-state index contributed by atoms with van der Waals surface area (Å²) in [5.74, 6) is -0.217. The summed E-state index contributed by atoms with van der Waals surface area (Å²) in [6, 6.07) is 5.53. The highest BCUT2D eigenvalue weighted by atomic mass is 79.9. The SMILES string of the molecule is COc1ccc(C)cc1-c1onc(C(=O)O)c1Br. The van der Waals surface area contributed by atoms with Crippen LogP contribution >= 0.6 is 15.9 Å². The summed E-state index contributed by atoms with van der Waals surface area (Å²) in [6.07, 6.45) is 0. The molecule has 1 heterocycles. The lowest BCUT2D eigenvalue weighted by atomic mass is 10.1. The Labute approximate surface area is 111 Å². The Hall–Kier alpha value is -1.82. The second kappa shape index (κ2) is 4.81. The molecule has 0 bridgehead atoms. The molecule has 2 rings (SSSR count). The van der Waals surface area contributed by atoms with Gasteiger partial charge in [0.25, 0.3) is 0 Å². The van der Waals surface area contributed by atoms with Crippen molar-refractivity contribution in [2.75, 3.05) is 7.11 Å². The lowest BCUT2D eigenvalue weighted by Crippen LogP contribution is -1.96. The Kier molecular flexibility index (Phi) is 3.38. The van der Waals surface area contributed by atoms with Gasteiger partial charge < -0.3 is 14.4 Å². The average molecular weight is 312 g/mol. The minimum atomic E-state index is -1.15. The second-order valence-electron chi connectivity index (χ2n) is 3.68. The van der Waals surface area contributed by atoms with Crippen LogP contribution in [0.15, 0.2) is 27.2 Å². The van der Waals surface area contributed by atoms with Gasteiger partial charge >= 0.3 is 5.97 Å². The van der Waals surface area contributed by atoms with Gasteiger partial charge in [0.2, 0.25) is 5.69 Å². The van der Waals surface area contributed by atoms with E-state index in [2.05, 4.69) is 21.1 Å². The molecule has 1 aromatic heterocycles. The maximum Gasteiger partial charge on any atom is 0.359 e. The summed E-state index contributed by atoms with van der Waals surface area (Å²) in [4.78, 5) is 10.9. The molecule has 0 fully saturated rings. The number of aryl methyl sites for hydroxylation is 1. The van der Waals surface area contributed by atoms with Crippen molar-refractivity contribution in [3.05, 3.63) is 33.9 Å². The molecule has 0 radical (unpaired) electrons. The first-order valence-electron chi connectivity index (χ1n) is 5.08. The Balaban J connectivity index is 2.61. The first-order valence-corrected chi connectivity index (χ1v) is 5.87. The van der Waals surface area contributed by atoms with Crippen LogP contribution in [-0.4, -0.2) is 23.3 Å². The third-order valence-corrected chi connectivity index (χ3v) is 3.17. The van der Waals surface area contributed by atoms with Crippen LogP contribution in [0.3, 0.4) is 0 Å². The number of carbonyl (C=O) groups is 1. The normalized spacial score (nSPS) is 10.4. The molecule has 6 heteroatoms. The van der Waals surface area contributed by atoms with E-state index in [-0.39, 0.29) is 5.69 Å². The average Bonchev–Trinajstić information content (AvgIpc) is 2.71. The van der Waals surface area contributed by atoms with E-state index in [4.69, 9.17) is 14.4 Å². The van der Waals surface area contributed by atoms with E-state index in [1.54, 1.807) is 6.07 Å². The summed E-state index contributed by atoms with van der Waals surface area (Å²) in [6.45, 7) is 1.92. The van der Waals surface area contributed by atoms with Gasteiger partial charge in [0.15, 0.2) is 5.76 Å². The lowest BCUT2D eigenvalue weighted by Gasteiger charge is -2.06. The standard InChI is InChI=1S/C12H10BrNO4/c1-6-3-4-8(17-2)7(5-6)11-9(13)10(12(15)16)14-18-11/h3-5H,1-2H3,(H,15,16). The van der Waals surface area contributed by atoms with Crippen LogP contribution in [-0.2, 0) is 0 Å². The number of halogens is 1. The minimum absolute atomic E-state index is 0.159. The third kappa shape index (κ3) is 2.11. The molecule has 0 saturated carbocycles. The summed E-state index contributed by atoms with van der Waals surface area (Å²) < 4.78 is 10.6. The number of hydrogen-bond donors (Lipinski definition) is 1. The Morgan fingerprint density at radius 1 is 1.50 bits per heavy atom. The number of rotatable bonds is 3. The molecule has 0 unspecified atom stereocenters. The Morgan fingerprint density at radius 2 is 2.22 bits per heavy atom. The van der Waals surface area contributed by atoms with Crippen LogP contribution in [0, 0.1) is 6.92 Å². The topological polar surface area (TPSA) is 72.6 Å². The number of benzene rings is 1. The van der Waals surface area contributed by atoms with E-state index in [0.717, 1.165) is 5.56 Å². The summed E-state index contributed by atoms with van der Waals surface area (Å²) in [7, 11) is 1.54. The number of methoxy groups -OCH3 is 1. The van der Waals surface area contributed by atoms with E-state index in [9.17, 15) is 4.79 Å². The van der Waals surface area contributed by atoms with E-state index in [0.29, 0.717) is 21.5 Å². The molecule has 0 atom stereocenters. The molecular formula is C12H10BrNO4. The smallest absolute Gasteiger partial charge is 0.359 e. The zero-order valence-electron chi connectivity index (χ0n) is 9.73. The summed E-state index contributed by atoms with van der Waals surface area (Å²) in [5.41, 5.74) is 1.50. The highest BCUT2D eigenvalue weighted by molar-refractivity contribution is 9.10. The number of ether oxygens (including phenoxy) is 1. The molecule has 94 valence electrons. The van der Waals surface area contributed by atoms with E-state index in [1.165, 1.54) is 7.11 Å². The zero-order valence-corrected chi connectivity index (χ0v) is 11.3. The van der Waals surface area contributed by atoms with Gasteiger partial charge in [-0.05, 0) is 35.0 Å². The van der Waals surface area contributed by atoms with Crippen molar-refractivity contribution in [1.82, 2.24) is 5.16 Å². The maximum atomic E-state index is 10.9. The largest absolute Gasteiger partial charge is 0.496 e. The Morgan fingerprint density at radius 3 is 2.78 bits per heavy atom. The van der Waals surface area contributed by atoms with Crippen LogP contribution in [0.25, 0.3) is 11.3 Å². The van der Waals surface area contributed by atoms with E-state index < -0.39 is 5.97 Å². The first kappa shape index (κ1) is 12.6. The highest BCUT2D eigenvalue weighted by Crippen LogP contribution is 2.37. The van der Waals surface area contributed by atoms with Crippen LogP contribution in [0.2, 0.25) is 0 Å². The second-order valence-corrected chi connectivity index (χ2v) is 4.48. The quantitative estimate of drug-likeness (QED) is 0.942. The number of aromatic nitrogens is 1. The van der Waals surface area contributed by atoms with E-state index in [1.807, 2.05) is 19.1 Å². The predicted octanol–water partition coefficient (Wildman–Crippen LogP) is 3.12. The van der Waals surface area contributed by atoms with Crippen molar-refractivity contribution >= 4 is 21.9 Å². The molecule has 0 aliphatic rings. The first-order chi connectivity index (χ1) is 8.54. The molecule has 0 saturated heterocycles. The lowest BCUT2D eigenvalue weighted by molar-refractivity contribution is 0.0685. The summed E-state index contributed by atoms with van der Waals surface area (Å²) in [5, 5.41) is 12.4. The van der Waals surface area contributed by atoms with Gasteiger partial charge in [-0.1, -0.05) is 16.8 Å². The van der Waals surface area contributed by atoms with Gasteiger partial charge in [-0.3, -0.25) is 0 Å². The van der Waals surface area contributed by atoms with Crippen molar-refractivity contribution in [3.63, 3.8) is 0 Å². The minimum Gasteiger partial charge on any atom is -0.496 e. The van der Waals surface area contributed by atoms with Crippen molar-refractivity contribution in [2.45, 2.75) is 6.92 Å². The van der Waals surface area contributed by atoms with Crippen LogP contribution in [0.4, 0.5) is 0 Å². The third-order valence-electron chi connectivity index (χ3n) is 2.44. The van der Waals surface area contributed by atoms with Crippen LogP contribution < -0.4 is 4.74 Å². The molecule has 0 aliphatic heterocycles. The van der Waals surface area contributed by atoms with Gasteiger partial charge in [-0.25, -0.2) is 4.79 Å². The number of aromatic carboxylic acids is 1. The highest BCUT2D eigenvalue weighted by Gasteiger charge is 2.22. The predicted molar refractivity (Wildman–Crippen MR) is 67.9 cm³/mol. The Bertz CT molecular complexity index is 606. The molecule has 1 N–H and O–H groups in total. The monoisotopic (exact) mass is 311 g/mol. The fraction of sp³-hybridized carbons (Fsp3) is 0.167. The number of carboxylic acid groups (broad SMARTS) is 1. The zero-order chi connectivity index (χ0) is 13.3. The number of carboxylic acids is 1. The van der Waals surface area contributed by atoms with Gasteiger partial charge in [0.1, 0.15) is 10.2 Å². The van der Waals surface area contributed by atoms with Gasteiger partial charge in [0.05, 0.1) is 12.7 Å². The fourth-order valence-electron chi connectivity index (χ4n) is 1.58. The molecule has 0 amide bonds. The van der Waals surface area contributed by atoms with Crippen LogP contribution in [0.5, 0.6) is 5.75 Å². The van der Waals surface area contributed by atoms with Crippen LogP contribution in [0.1, 0.15) is 16.1 Å². The van der Waals surface area contributed by atoms with Crippen molar-refractivity contribution < 1.29 is 19.2 Å². The molecule has 1 aromatic carbocycles. The number of hydrogen-bond acceptors (Lipinski definition) is 4. The van der Waals surface area contributed by atoms with Gasteiger partial charge in [0, 0.05) is 0 Å². The molecule has 0 aliphatic carbocycles. The fourth-order valence-corrected chi connectivity index (χ4v) is 2.11. The number of nitrogens with zero attached hydrogens (tertiary/aromatic N) is 1. The summed E-state index contributed by atoms with van der Waals surface area (Å²) >= 11 is 3.18. The molecule has 0 spiro atoms. The molecule has 18 heavy (non-hydrogen) atoms. The van der Waals surface area contributed by atoms with Gasteiger partial charge in [-0.2, -0.15) is 0 Å². The molecule has 5 nitrogen and oxygen atoms in total. The van der Waals surface area contributed by atoms with Crippen molar-refractivity contribution in [2.24, 2.45) is 0 Å². The maximum absolute atomic E-state index is 10.9. The molecular weight excluding hydrogens is 302 g/mol. The van der Waals surface area contributed by atoms with Gasteiger partial charge in [-0.15, -0.1) is 0 Å². The van der Waals surface area contributed by atoms with Crippen molar-refractivity contribution in [3.8, 4) is 17.1 Å². The van der Waals surface area contributed by atoms with Crippen molar-refractivity contribution in [1.29, 1.82) is 0 Å².